The minimum absolute atomic E-state index is 0.00362. The molecule has 0 amide bonds. The second-order valence-electron chi connectivity index (χ2n) is 3.90. The molecular weight excluding hydrogens is 264 g/mol. The first-order valence-corrected chi connectivity index (χ1v) is 7.06. The maximum atomic E-state index is 12.0. The Hall–Kier alpha value is -2.08. The van der Waals surface area contributed by atoms with Gasteiger partial charge in [-0.25, -0.2) is 14.8 Å². The Morgan fingerprint density at radius 1 is 1.21 bits per heavy atom. The van der Waals surface area contributed by atoms with Gasteiger partial charge in [0.05, 0.1) is 11.4 Å². The highest BCUT2D eigenvalue weighted by molar-refractivity contribution is 7.83. The van der Waals surface area contributed by atoms with Crippen LogP contribution in [0.5, 0.6) is 0 Å². The second-order valence-corrected chi connectivity index (χ2v) is 5.36. The molecule has 1 unspecified atom stereocenters. The van der Waals surface area contributed by atoms with Gasteiger partial charge in [-0.1, -0.05) is 30.3 Å². The van der Waals surface area contributed by atoms with E-state index in [1.165, 1.54) is 12.5 Å². The summed E-state index contributed by atoms with van der Waals surface area (Å²) in [6.07, 6.45) is 2.49. The third-order valence-corrected chi connectivity index (χ3v) is 3.74. The number of rotatable bonds is 5. The molecule has 0 aliphatic carbocycles. The van der Waals surface area contributed by atoms with Crippen LogP contribution in [0.2, 0.25) is 0 Å². The van der Waals surface area contributed by atoms with Crippen molar-refractivity contribution >= 4 is 16.8 Å². The van der Waals surface area contributed by atoms with Crippen molar-refractivity contribution < 1.29 is 14.1 Å². The van der Waals surface area contributed by atoms with Crippen molar-refractivity contribution in [3.8, 4) is 0 Å². The third-order valence-electron chi connectivity index (χ3n) is 2.49. The van der Waals surface area contributed by atoms with Gasteiger partial charge in [-0.2, -0.15) is 0 Å². The van der Waals surface area contributed by atoms with E-state index in [9.17, 15) is 9.00 Å². The number of carboxylic acids is 1. The molecule has 1 heterocycles. The van der Waals surface area contributed by atoms with E-state index in [1.807, 2.05) is 30.3 Å². The average molecular weight is 276 g/mol. The highest BCUT2D eigenvalue weighted by Crippen LogP contribution is 2.10. The Balaban J connectivity index is 2.09. The SMILES string of the molecule is O=C(O)c1cncnc1CS(=O)Cc1ccccc1. The number of aromatic nitrogens is 2. The number of hydrogen-bond acceptors (Lipinski definition) is 4. The number of carboxylic acid groups (broad SMARTS) is 1. The lowest BCUT2D eigenvalue weighted by molar-refractivity contribution is 0.0695. The summed E-state index contributed by atoms with van der Waals surface area (Å²) in [5.74, 6) is -0.615. The molecule has 1 atom stereocenters. The molecule has 2 rings (SSSR count). The molecule has 1 N–H and O–H groups in total. The summed E-state index contributed by atoms with van der Waals surface area (Å²) in [6, 6.07) is 9.41. The molecule has 0 aliphatic rings. The summed E-state index contributed by atoms with van der Waals surface area (Å²) in [4.78, 5) is 18.5. The topological polar surface area (TPSA) is 80.2 Å². The minimum Gasteiger partial charge on any atom is -0.478 e. The van der Waals surface area contributed by atoms with Crippen LogP contribution in [0.4, 0.5) is 0 Å². The standard InChI is InChI=1S/C13H12N2O3S/c16-13(17)11-6-14-9-15-12(11)8-19(18)7-10-4-2-1-3-5-10/h1-6,9H,7-8H2,(H,16,17). The van der Waals surface area contributed by atoms with Crippen molar-refractivity contribution in [2.45, 2.75) is 11.5 Å². The van der Waals surface area contributed by atoms with Gasteiger partial charge in [-0.3, -0.25) is 4.21 Å². The first-order chi connectivity index (χ1) is 9.16. The van der Waals surface area contributed by atoms with Gasteiger partial charge in [0.2, 0.25) is 0 Å². The molecule has 98 valence electrons. The van der Waals surface area contributed by atoms with Crippen LogP contribution < -0.4 is 0 Å². The largest absolute Gasteiger partial charge is 0.478 e. The molecule has 19 heavy (non-hydrogen) atoms. The fourth-order valence-corrected chi connectivity index (χ4v) is 2.81. The maximum absolute atomic E-state index is 12.0. The minimum atomic E-state index is -1.20. The van der Waals surface area contributed by atoms with Crippen LogP contribution in [0.1, 0.15) is 21.6 Å². The normalized spacial score (nSPS) is 12.0. The third kappa shape index (κ3) is 3.69. The molecule has 2 aromatic rings. The Morgan fingerprint density at radius 3 is 2.63 bits per heavy atom. The van der Waals surface area contributed by atoms with Gasteiger partial charge in [0, 0.05) is 22.7 Å². The van der Waals surface area contributed by atoms with E-state index >= 15 is 0 Å². The van der Waals surface area contributed by atoms with E-state index in [0.717, 1.165) is 5.56 Å². The second kappa shape index (κ2) is 6.19. The molecule has 1 aromatic heterocycles. The Bertz CT molecular complexity index is 602. The van der Waals surface area contributed by atoms with Crippen molar-refractivity contribution in [3.63, 3.8) is 0 Å². The van der Waals surface area contributed by atoms with Crippen molar-refractivity contribution in [2.24, 2.45) is 0 Å². The summed E-state index contributed by atoms with van der Waals surface area (Å²) in [6.45, 7) is 0. The lowest BCUT2D eigenvalue weighted by Crippen LogP contribution is -2.09. The van der Waals surface area contributed by atoms with Crippen LogP contribution in [-0.4, -0.2) is 25.3 Å². The summed E-state index contributed by atoms with van der Waals surface area (Å²) < 4.78 is 12.0. The van der Waals surface area contributed by atoms with Gasteiger partial charge < -0.3 is 5.11 Å². The fourth-order valence-electron chi connectivity index (χ4n) is 1.61. The molecule has 0 spiro atoms. The zero-order valence-electron chi connectivity index (χ0n) is 10.0. The molecule has 5 nitrogen and oxygen atoms in total. The number of benzene rings is 1. The smallest absolute Gasteiger partial charge is 0.339 e. The highest BCUT2D eigenvalue weighted by atomic mass is 32.2. The molecule has 1 aromatic carbocycles. The van der Waals surface area contributed by atoms with Gasteiger partial charge >= 0.3 is 5.97 Å². The van der Waals surface area contributed by atoms with Gasteiger partial charge in [0.25, 0.3) is 0 Å². The van der Waals surface area contributed by atoms with Gasteiger partial charge in [-0.05, 0) is 5.56 Å². The summed E-state index contributed by atoms with van der Waals surface area (Å²) >= 11 is 0. The quantitative estimate of drug-likeness (QED) is 0.897. The molecule has 6 heteroatoms. The zero-order valence-corrected chi connectivity index (χ0v) is 10.8. The average Bonchev–Trinajstić information content (AvgIpc) is 2.40. The summed E-state index contributed by atoms with van der Waals surface area (Å²) in [5.41, 5.74) is 1.26. The van der Waals surface area contributed by atoms with Gasteiger partial charge in [-0.15, -0.1) is 0 Å². The molecular formula is C13H12N2O3S. The lowest BCUT2D eigenvalue weighted by Gasteiger charge is -2.04. The van der Waals surface area contributed by atoms with E-state index in [4.69, 9.17) is 5.11 Å². The molecule has 0 saturated carbocycles. The van der Waals surface area contributed by atoms with Crippen molar-refractivity contribution in [1.29, 1.82) is 0 Å². The number of nitrogens with zero attached hydrogens (tertiary/aromatic N) is 2. The van der Waals surface area contributed by atoms with Crippen LogP contribution >= 0.6 is 0 Å². The van der Waals surface area contributed by atoms with E-state index in [0.29, 0.717) is 11.4 Å². The van der Waals surface area contributed by atoms with Crippen LogP contribution in [0, 0.1) is 0 Å². The van der Waals surface area contributed by atoms with Crippen molar-refractivity contribution in [2.75, 3.05) is 0 Å². The van der Waals surface area contributed by atoms with Crippen LogP contribution in [0.3, 0.4) is 0 Å². The molecule has 0 fully saturated rings. The molecule has 0 saturated heterocycles. The zero-order chi connectivity index (χ0) is 13.7. The van der Waals surface area contributed by atoms with Crippen LogP contribution in [0.25, 0.3) is 0 Å². The van der Waals surface area contributed by atoms with Crippen molar-refractivity contribution in [3.05, 3.63) is 59.7 Å². The Kier molecular flexibility index (Phi) is 4.35. The first kappa shape index (κ1) is 13.4. The van der Waals surface area contributed by atoms with Gasteiger partial charge in [0.15, 0.2) is 0 Å². The monoisotopic (exact) mass is 276 g/mol. The predicted octanol–water partition coefficient (Wildman–Crippen LogP) is 1.62. The van der Waals surface area contributed by atoms with E-state index in [2.05, 4.69) is 9.97 Å². The molecule has 0 radical (unpaired) electrons. The maximum Gasteiger partial charge on any atom is 0.339 e. The molecule has 0 aliphatic heterocycles. The Morgan fingerprint density at radius 2 is 1.95 bits per heavy atom. The highest BCUT2D eigenvalue weighted by Gasteiger charge is 2.14. The van der Waals surface area contributed by atoms with Gasteiger partial charge in [0.1, 0.15) is 11.9 Å². The number of hydrogen-bond donors (Lipinski definition) is 1. The van der Waals surface area contributed by atoms with Crippen molar-refractivity contribution in [1.82, 2.24) is 9.97 Å². The number of carbonyl (C=O) groups is 1. The number of aromatic carboxylic acids is 1. The van der Waals surface area contributed by atoms with E-state index < -0.39 is 16.8 Å². The summed E-state index contributed by atoms with van der Waals surface area (Å²) in [7, 11) is -1.20. The van der Waals surface area contributed by atoms with E-state index in [-0.39, 0.29) is 11.3 Å². The van der Waals surface area contributed by atoms with Crippen LogP contribution in [0.15, 0.2) is 42.9 Å². The first-order valence-electron chi connectivity index (χ1n) is 5.58. The predicted molar refractivity (Wildman–Crippen MR) is 71.0 cm³/mol. The van der Waals surface area contributed by atoms with E-state index in [1.54, 1.807) is 0 Å². The molecule has 0 bridgehead atoms. The lowest BCUT2D eigenvalue weighted by atomic mass is 10.2. The summed E-state index contributed by atoms with van der Waals surface area (Å²) in [5, 5.41) is 8.99. The van der Waals surface area contributed by atoms with Crippen LogP contribution in [-0.2, 0) is 22.3 Å². The fraction of sp³-hybridized carbons (Fsp3) is 0.154. The Labute approximate surface area is 112 Å².